The van der Waals surface area contributed by atoms with Crippen molar-refractivity contribution in [3.63, 3.8) is 0 Å². The third-order valence-corrected chi connectivity index (χ3v) is 6.02. The van der Waals surface area contributed by atoms with Gasteiger partial charge < -0.3 is 14.8 Å². The Kier molecular flexibility index (Phi) is 4.43. The Bertz CT molecular complexity index is 732. The zero-order valence-corrected chi connectivity index (χ0v) is 15.3. The molecule has 2 aliphatic rings. The van der Waals surface area contributed by atoms with Crippen LogP contribution in [0.3, 0.4) is 0 Å². The summed E-state index contributed by atoms with van der Waals surface area (Å²) in [5.41, 5.74) is 4.68. The van der Waals surface area contributed by atoms with E-state index in [0.717, 1.165) is 11.5 Å². The molecule has 2 N–H and O–H groups in total. The van der Waals surface area contributed by atoms with Crippen molar-refractivity contribution in [3.05, 3.63) is 59.2 Å². The van der Waals surface area contributed by atoms with Crippen molar-refractivity contribution in [2.75, 3.05) is 20.3 Å². The van der Waals surface area contributed by atoms with Crippen LogP contribution in [0.5, 0.6) is 11.5 Å². The molecule has 1 aliphatic heterocycles. The van der Waals surface area contributed by atoms with Gasteiger partial charge in [-0.2, -0.15) is 0 Å². The fourth-order valence-corrected chi connectivity index (χ4v) is 4.77. The number of hydrogen-bond acceptors (Lipinski definition) is 2. The monoisotopic (exact) mass is 338 g/mol. The van der Waals surface area contributed by atoms with Gasteiger partial charge in [0.15, 0.2) is 0 Å². The fourth-order valence-electron chi connectivity index (χ4n) is 4.77. The van der Waals surface area contributed by atoms with Gasteiger partial charge in [0, 0.05) is 16.5 Å². The van der Waals surface area contributed by atoms with Gasteiger partial charge in [-0.05, 0) is 61.7 Å². The van der Waals surface area contributed by atoms with Crippen molar-refractivity contribution >= 4 is 0 Å². The Labute approximate surface area is 150 Å². The molecule has 4 rings (SSSR count). The summed E-state index contributed by atoms with van der Waals surface area (Å²) < 4.78 is 11.1. The summed E-state index contributed by atoms with van der Waals surface area (Å²) in [6.45, 7) is 3.91. The number of methoxy groups -OCH3 is 1. The van der Waals surface area contributed by atoms with E-state index >= 15 is 0 Å². The fraction of sp³-hybridized carbons (Fsp3) is 0.455. The quantitative estimate of drug-likeness (QED) is 0.925. The molecule has 2 aromatic rings. The highest BCUT2D eigenvalue weighted by atomic mass is 16.5. The minimum absolute atomic E-state index is 0.340. The van der Waals surface area contributed by atoms with Gasteiger partial charge in [0.2, 0.25) is 0 Å². The lowest BCUT2D eigenvalue weighted by atomic mass is 9.71. The minimum atomic E-state index is 0.340. The number of hydrogen-bond donors (Lipinski definition) is 1. The smallest absolute Gasteiger partial charge is 0.138 e. The predicted octanol–water partition coefficient (Wildman–Crippen LogP) is 3.57. The Morgan fingerprint density at radius 1 is 1.04 bits per heavy atom. The van der Waals surface area contributed by atoms with Crippen LogP contribution < -0.4 is 14.8 Å². The highest BCUT2D eigenvalue weighted by molar-refractivity contribution is 5.47. The van der Waals surface area contributed by atoms with Crippen LogP contribution in [0.4, 0.5) is 0 Å². The second kappa shape index (κ2) is 6.72. The molecule has 0 aromatic heterocycles. The molecular weight excluding hydrogens is 310 g/mol. The molecule has 1 heterocycles. The van der Waals surface area contributed by atoms with Crippen LogP contribution >= 0.6 is 0 Å². The van der Waals surface area contributed by atoms with E-state index in [1.54, 1.807) is 12.7 Å². The second-order valence-corrected chi connectivity index (χ2v) is 7.36. The third kappa shape index (κ3) is 2.91. The molecule has 3 heteroatoms. The zero-order valence-electron chi connectivity index (χ0n) is 15.3. The largest absolute Gasteiger partial charge is 0.497 e. The lowest BCUT2D eigenvalue weighted by molar-refractivity contribution is -0.698. The van der Waals surface area contributed by atoms with Crippen molar-refractivity contribution < 1.29 is 14.8 Å². The SMILES string of the molecule is CCOc1ccc([C@H]2[NH2+]CC3(CCCC3)c3ccc(OC)cc32)cc1. The van der Waals surface area contributed by atoms with E-state index in [9.17, 15) is 0 Å². The molecule has 1 aliphatic carbocycles. The maximum Gasteiger partial charge on any atom is 0.138 e. The molecule has 0 radical (unpaired) electrons. The van der Waals surface area contributed by atoms with Crippen molar-refractivity contribution in [1.82, 2.24) is 0 Å². The molecule has 1 spiro atoms. The Morgan fingerprint density at radius 2 is 1.76 bits per heavy atom. The first-order chi connectivity index (χ1) is 12.3. The molecule has 1 atom stereocenters. The van der Waals surface area contributed by atoms with Gasteiger partial charge >= 0.3 is 0 Å². The van der Waals surface area contributed by atoms with Crippen LogP contribution in [-0.4, -0.2) is 20.3 Å². The highest BCUT2D eigenvalue weighted by Crippen LogP contribution is 2.45. The molecule has 0 saturated heterocycles. The molecule has 2 aromatic carbocycles. The average Bonchev–Trinajstić information content (AvgIpc) is 3.12. The number of benzene rings is 2. The van der Waals surface area contributed by atoms with E-state index in [2.05, 4.69) is 47.8 Å². The molecule has 0 unspecified atom stereocenters. The van der Waals surface area contributed by atoms with Crippen molar-refractivity contribution in [2.45, 2.75) is 44.1 Å². The van der Waals surface area contributed by atoms with Gasteiger partial charge in [-0.25, -0.2) is 0 Å². The van der Waals surface area contributed by atoms with Crippen LogP contribution in [0.15, 0.2) is 42.5 Å². The van der Waals surface area contributed by atoms with E-state index in [1.807, 2.05) is 6.92 Å². The maximum atomic E-state index is 5.60. The summed E-state index contributed by atoms with van der Waals surface area (Å²) >= 11 is 0. The summed E-state index contributed by atoms with van der Waals surface area (Å²) in [6, 6.07) is 15.7. The predicted molar refractivity (Wildman–Crippen MR) is 99.4 cm³/mol. The Morgan fingerprint density at radius 3 is 2.44 bits per heavy atom. The van der Waals surface area contributed by atoms with Crippen molar-refractivity contribution in [1.29, 1.82) is 0 Å². The molecule has 0 amide bonds. The van der Waals surface area contributed by atoms with Gasteiger partial charge in [-0.3, -0.25) is 0 Å². The molecule has 1 saturated carbocycles. The molecule has 1 fully saturated rings. The van der Waals surface area contributed by atoms with Gasteiger partial charge in [-0.1, -0.05) is 18.9 Å². The molecular formula is C22H28NO2+. The lowest BCUT2D eigenvalue weighted by Gasteiger charge is -2.38. The standard InChI is InChI=1S/C22H27NO2/c1-3-25-17-8-6-16(7-9-17)21-19-14-18(24-2)10-11-20(19)22(15-23-21)12-4-5-13-22/h6-11,14,21,23H,3-5,12-13,15H2,1-2H3/p+1/t21-/m1/s1. The van der Waals surface area contributed by atoms with E-state index < -0.39 is 0 Å². The summed E-state index contributed by atoms with van der Waals surface area (Å²) in [5, 5.41) is 2.53. The first-order valence-corrected chi connectivity index (χ1v) is 9.50. The van der Waals surface area contributed by atoms with Crippen LogP contribution in [0.1, 0.15) is 55.3 Å². The third-order valence-electron chi connectivity index (χ3n) is 6.02. The van der Waals surface area contributed by atoms with E-state index in [-0.39, 0.29) is 0 Å². The van der Waals surface area contributed by atoms with Gasteiger partial charge in [0.1, 0.15) is 17.5 Å². The van der Waals surface area contributed by atoms with Gasteiger partial charge in [-0.15, -0.1) is 0 Å². The van der Waals surface area contributed by atoms with Crippen LogP contribution in [-0.2, 0) is 5.41 Å². The summed E-state index contributed by atoms with van der Waals surface area (Å²) in [7, 11) is 1.76. The van der Waals surface area contributed by atoms with Crippen LogP contribution in [0.2, 0.25) is 0 Å². The summed E-state index contributed by atoms with van der Waals surface area (Å²) in [5.74, 6) is 1.90. The molecule has 25 heavy (non-hydrogen) atoms. The topological polar surface area (TPSA) is 35.1 Å². The number of nitrogens with two attached hydrogens (primary N) is 1. The van der Waals surface area contributed by atoms with E-state index in [0.29, 0.717) is 18.1 Å². The number of ether oxygens (including phenoxy) is 2. The van der Waals surface area contributed by atoms with Crippen molar-refractivity contribution in [3.8, 4) is 11.5 Å². The van der Waals surface area contributed by atoms with E-state index in [4.69, 9.17) is 9.47 Å². The summed E-state index contributed by atoms with van der Waals surface area (Å²) in [6.07, 6.45) is 5.34. The van der Waals surface area contributed by atoms with Crippen LogP contribution in [0.25, 0.3) is 0 Å². The van der Waals surface area contributed by atoms with Gasteiger partial charge in [0.05, 0.1) is 20.3 Å². The molecule has 0 bridgehead atoms. The van der Waals surface area contributed by atoms with Gasteiger partial charge in [0.25, 0.3) is 0 Å². The molecule has 3 nitrogen and oxygen atoms in total. The first kappa shape index (κ1) is 16.5. The normalized spacial score (nSPS) is 21.1. The highest BCUT2D eigenvalue weighted by Gasteiger charge is 2.44. The summed E-state index contributed by atoms with van der Waals surface area (Å²) in [4.78, 5) is 0. The zero-order chi connectivity index (χ0) is 17.3. The maximum absolute atomic E-state index is 5.60. The number of quaternary nitrogens is 1. The lowest BCUT2D eigenvalue weighted by Crippen LogP contribution is -2.90. The van der Waals surface area contributed by atoms with E-state index in [1.165, 1.54) is 43.4 Å². The number of rotatable bonds is 4. The van der Waals surface area contributed by atoms with Crippen molar-refractivity contribution in [2.24, 2.45) is 0 Å². The number of fused-ring (bicyclic) bond motifs is 2. The Balaban J connectivity index is 1.74. The Hall–Kier alpha value is -2.00. The van der Waals surface area contributed by atoms with Crippen LogP contribution in [0, 0.1) is 0 Å². The first-order valence-electron chi connectivity index (χ1n) is 9.50. The average molecular weight is 338 g/mol. The minimum Gasteiger partial charge on any atom is -0.497 e. The molecule has 132 valence electrons. The second-order valence-electron chi connectivity index (χ2n) is 7.36.